The molecule has 0 amide bonds. The number of hydrogen-bond donors (Lipinski definition) is 0. The highest BCUT2D eigenvalue weighted by Crippen LogP contribution is 2.32. The summed E-state index contributed by atoms with van der Waals surface area (Å²) < 4.78 is 7.08. The molecule has 0 bridgehead atoms. The summed E-state index contributed by atoms with van der Waals surface area (Å²) >= 11 is 3.51. The molecule has 0 aliphatic carbocycles. The van der Waals surface area contributed by atoms with Crippen molar-refractivity contribution in [3.63, 3.8) is 0 Å². The SMILES string of the molecule is Cc1cc(Oc2ccc(Br)cc2C(C)C)nc(C(C)C)n1. The number of nitrogens with zero attached hydrogens (tertiary/aromatic N) is 2. The number of ether oxygens (including phenoxy) is 1. The molecule has 0 atom stereocenters. The van der Waals surface area contributed by atoms with Gasteiger partial charge in [-0.3, -0.25) is 0 Å². The summed E-state index contributed by atoms with van der Waals surface area (Å²) in [4.78, 5) is 8.95. The highest BCUT2D eigenvalue weighted by Gasteiger charge is 2.12. The first-order chi connectivity index (χ1) is 9.86. The number of benzene rings is 1. The number of aromatic nitrogens is 2. The molecule has 0 saturated heterocycles. The van der Waals surface area contributed by atoms with Crippen LogP contribution >= 0.6 is 15.9 Å². The maximum Gasteiger partial charge on any atom is 0.222 e. The van der Waals surface area contributed by atoms with Crippen LogP contribution in [-0.4, -0.2) is 9.97 Å². The average molecular weight is 349 g/mol. The Balaban J connectivity index is 2.38. The van der Waals surface area contributed by atoms with E-state index in [9.17, 15) is 0 Å². The van der Waals surface area contributed by atoms with Gasteiger partial charge in [0, 0.05) is 22.2 Å². The first-order valence-corrected chi connectivity index (χ1v) is 7.99. The van der Waals surface area contributed by atoms with Crippen LogP contribution < -0.4 is 4.74 Å². The minimum absolute atomic E-state index is 0.279. The Morgan fingerprint density at radius 3 is 2.33 bits per heavy atom. The molecule has 21 heavy (non-hydrogen) atoms. The van der Waals surface area contributed by atoms with Gasteiger partial charge in [-0.1, -0.05) is 43.6 Å². The van der Waals surface area contributed by atoms with Gasteiger partial charge in [-0.25, -0.2) is 4.98 Å². The van der Waals surface area contributed by atoms with Crippen LogP contribution in [0.5, 0.6) is 11.6 Å². The van der Waals surface area contributed by atoms with E-state index in [1.807, 2.05) is 25.1 Å². The minimum Gasteiger partial charge on any atom is -0.439 e. The van der Waals surface area contributed by atoms with E-state index in [1.54, 1.807) is 0 Å². The fraction of sp³-hybridized carbons (Fsp3) is 0.412. The predicted octanol–water partition coefficient (Wildman–Crippen LogP) is 5.59. The second-order valence-corrected chi connectivity index (χ2v) is 6.72. The number of halogens is 1. The third kappa shape index (κ3) is 4.03. The molecule has 1 aromatic heterocycles. The second kappa shape index (κ2) is 6.56. The van der Waals surface area contributed by atoms with Gasteiger partial charge in [0.2, 0.25) is 5.88 Å². The van der Waals surface area contributed by atoms with Crippen molar-refractivity contribution >= 4 is 15.9 Å². The zero-order valence-electron chi connectivity index (χ0n) is 13.1. The Bertz CT molecular complexity index is 639. The molecule has 0 spiro atoms. The van der Waals surface area contributed by atoms with Crippen LogP contribution in [0.4, 0.5) is 0 Å². The van der Waals surface area contributed by atoms with E-state index in [1.165, 1.54) is 0 Å². The molecule has 2 aromatic rings. The molecule has 1 aromatic carbocycles. The molecule has 112 valence electrons. The Morgan fingerprint density at radius 2 is 1.71 bits per heavy atom. The number of hydrogen-bond acceptors (Lipinski definition) is 3. The molecule has 0 aliphatic rings. The van der Waals surface area contributed by atoms with Gasteiger partial charge in [-0.05, 0) is 36.6 Å². The average Bonchev–Trinajstić information content (AvgIpc) is 2.40. The summed E-state index contributed by atoms with van der Waals surface area (Å²) in [6, 6.07) is 7.93. The van der Waals surface area contributed by atoms with E-state index < -0.39 is 0 Å². The Kier molecular flexibility index (Phi) is 4.99. The van der Waals surface area contributed by atoms with Crippen molar-refractivity contribution in [2.24, 2.45) is 0 Å². The summed E-state index contributed by atoms with van der Waals surface area (Å²) in [5, 5.41) is 0. The van der Waals surface area contributed by atoms with Crippen LogP contribution in [0.1, 0.15) is 56.6 Å². The quantitative estimate of drug-likeness (QED) is 0.722. The monoisotopic (exact) mass is 348 g/mol. The Morgan fingerprint density at radius 1 is 1.00 bits per heavy atom. The van der Waals surface area contributed by atoms with Gasteiger partial charge in [-0.15, -0.1) is 0 Å². The normalized spacial score (nSPS) is 11.2. The molecule has 0 saturated carbocycles. The lowest BCUT2D eigenvalue weighted by Crippen LogP contribution is -2.02. The second-order valence-electron chi connectivity index (χ2n) is 5.80. The molecule has 4 heteroatoms. The number of aryl methyl sites for hydroxylation is 1. The van der Waals surface area contributed by atoms with Gasteiger partial charge in [0.25, 0.3) is 0 Å². The van der Waals surface area contributed by atoms with Crippen LogP contribution in [0, 0.1) is 6.92 Å². The summed E-state index contributed by atoms with van der Waals surface area (Å²) in [5.41, 5.74) is 2.08. The topological polar surface area (TPSA) is 35.0 Å². The first kappa shape index (κ1) is 16.0. The van der Waals surface area contributed by atoms with Crippen molar-refractivity contribution in [3.8, 4) is 11.6 Å². The molecule has 3 nitrogen and oxygen atoms in total. The van der Waals surface area contributed by atoms with Crippen LogP contribution in [-0.2, 0) is 0 Å². The van der Waals surface area contributed by atoms with E-state index in [2.05, 4.69) is 59.7 Å². The van der Waals surface area contributed by atoms with Gasteiger partial charge in [0.1, 0.15) is 11.6 Å². The van der Waals surface area contributed by atoms with Gasteiger partial charge in [0.15, 0.2) is 0 Å². The third-order valence-corrected chi connectivity index (χ3v) is 3.67. The molecule has 0 fully saturated rings. The molecule has 0 unspecified atom stereocenters. The summed E-state index contributed by atoms with van der Waals surface area (Å²) in [6.07, 6.45) is 0. The van der Waals surface area contributed by atoms with Crippen molar-refractivity contribution in [1.82, 2.24) is 9.97 Å². The largest absolute Gasteiger partial charge is 0.439 e. The zero-order valence-corrected chi connectivity index (χ0v) is 14.7. The highest BCUT2D eigenvalue weighted by molar-refractivity contribution is 9.10. The summed E-state index contributed by atoms with van der Waals surface area (Å²) in [5.74, 6) is 2.93. The molecule has 1 heterocycles. The smallest absolute Gasteiger partial charge is 0.222 e. The standard InChI is InChI=1S/C17H21BrN2O/c1-10(2)14-9-13(18)6-7-15(14)21-16-8-12(5)19-17(20-16)11(3)4/h6-11H,1-5H3. The van der Waals surface area contributed by atoms with Crippen molar-refractivity contribution in [2.75, 3.05) is 0 Å². The van der Waals surface area contributed by atoms with E-state index >= 15 is 0 Å². The number of rotatable bonds is 4. The van der Waals surface area contributed by atoms with Crippen molar-refractivity contribution in [2.45, 2.75) is 46.5 Å². The molecule has 0 N–H and O–H groups in total. The fourth-order valence-corrected chi connectivity index (χ4v) is 2.43. The van der Waals surface area contributed by atoms with Gasteiger partial charge >= 0.3 is 0 Å². The lowest BCUT2D eigenvalue weighted by atomic mass is 10.0. The van der Waals surface area contributed by atoms with Gasteiger partial charge in [-0.2, -0.15) is 4.98 Å². The predicted molar refractivity (Wildman–Crippen MR) is 89.2 cm³/mol. The lowest BCUT2D eigenvalue weighted by Gasteiger charge is -2.15. The third-order valence-electron chi connectivity index (χ3n) is 3.17. The highest BCUT2D eigenvalue weighted by atomic mass is 79.9. The Labute approximate surface area is 134 Å². The van der Waals surface area contributed by atoms with Crippen LogP contribution in [0.3, 0.4) is 0 Å². The van der Waals surface area contributed by atoms with E-state index in [0.29, 0.717) is 11.8 Å². The molecule has 2 rings (SSSR count). The molecular weight excluding hydrogens is 328 g/mol. The van der Waals surface area contributed by atoms with Gasteiger partial charge < -0.3 is 4.74 Å². The first-order valence-electron chi connectivity index (χ1n) is 7.19. The zero-order chi connectivity index (χ0) is 15.6. The van der Waals surface area contributed by atoms with Crippen LogP contribution in [0.2, 0.25) is 0 Å². The maximum atomic E-state index is 6.03. The minimum atomic E-state index is 0.279. The maximum absolute atomic E-state index is 6.03. The van der Waals surface area contributed by atoms with Crippen LogP contribution in [0.15, 0.2) is 28.7 Å². The fourth-order valence-electron chi connectivity index (χ4n) is 2.05. The molecule has 0 radical (unpaired) electrons. The summed E-state index contributed by atoms with van der Waals surface area (Å²) in [7, 11) is 0. The van der Waals surface area contributed by atoms with Crippen molar-refractivity contribution in [3.05, 3.63) is 45.8 Å². The van der Waals surface area contributed by atoms with E-state index in [-0.39, 0.29) is 5.92 Å². The van der Waals surface area contributed by atoms with Crippen molar-refractivity contribution in [1.29, 1.82) is 0 Å². The van der Waals surface area contributed by atoms with E-state index in [4.69, 9.17) is 4.74 Å². The summed E-state index contributed by atoms with van der Waals surface area (Å²) in [6.45, 7) is 10.4. The molecular formula is C17H21BrN2O. The van der Waals surface area contributed by atoms with E-state index in [0.717, 1.165) is 27.3 Å². The molecule has 0 aliphatic heterocycles. The van der Waals surface area contributed by atoms with Crippen LogP contribution in [0.25, 0.3) is 0 Å². The van der Waals surface area contributed by atoms with Crippen molar-refractivity contribution < 1.29 is 4.74 Å². The lowest BCUT2D eigenvalue weighted by molar-refractivity contribution is 0.448. The van der Waals surface area contributed by atoms with Gasteiger partial charge in [0.05, 0.1) is 0 Å². The Hall–Kier alpha value is -1.42.